The third kappa shape index (κ3) is 9.13. The second kappa shape index (κ2) is 18.1. The molecular formula is C43H48F3N11O7S. The number of imide groups is 1. The summed E-state index contributed by atoms with van der Waals surface area (Å²) in [4.78, 5) is 59.5. The number of nitrogens with one attached hydrogen (secondary N) is 2. The van der Waals surface area contributed by atoms with Crippen molar-refractivity contribution < 1.29 is 40.7 Å². The summed E-state index contributed by atoms with van der Waals surface area (Å²) in [5.74, 6) is 5.17. The summed E-state index contributed by atoms with van der Waals surface area (Å²) in [5.41, 5.74) is 0.826. The SMILES string of the molecule is Cn1c(=O)n(C2CCC(=O)NC2=O)c2cccc(C#CCO[C@@H]3CCN(CC4CCC(n5cc(NC(=O)c6cnn7ccc(N8CCS(=O)(=O)CC8)nc67)c(C(F)F)n5)CC4)C[C@H]3F)c21. The smallest absolute Gasteiger partial charge is 0.329 e. The fourth-order valence-corrected chi connectivity index (χ4v) is 10.7. The number of halogens is 3. The summed E-state index contributed by atoms with van der Waals surface area (Å²) in [6.45, 7) is 2.03. The van der Waals surface area contributed by atoms with Gasteiger partial charge < -0.3 is 15.0 Å². The highest BCUT2D eigenvalue weighted by molar-refractivity contribution is 7.91. The van der Waals surface area contributed by atoms with Crippen molar-refractivity contribution in [1.29, 1.82) is 0 Å². The Balaban J connectivity index is 0.762. The van der Waals surface area contributed by atoms with E-state index in [0.29, 0.717) is 54.8 Å². The first-order valence-electron chi connectivity index (χ1n) is 21.7. The number of aromatic nitrogens is 7. The van der Waals surface area contributed by atoms with E-state index in [1.807, 2.05) is 4.90 Å². The highest BCUT2D eigenvalue weighted by atomic mass is 32.2. The first kappa shape index (κ1) is 44.2. The van der Waals surface area contributed by atoms with Gasteiger partial charge in [0.25, 0.3) is 12.3 Å². The van der Waals surface area contributed by atoms with Crippen LogP contribution in [-0.2, 0) is 31.2 Å². The molecule has 0 radical (unpaired) electrons. The van der Waals surface area contributed by atoms with Gasteiger partial charge in [0.1, 0.15) is 30.2 Å². The van der Waals surface area contributed by atoms with Gasteiger partial charge in [-0.15, -0.1) is 0 Å². The van der Waals surface area contributed by atoms with E-state index in [4.69, 9.17) is 4.74 Å². The molecule has 65 heavy (non-hydrogen) atoms. The Morgan fingerprint density at radius 3 is 2.57 bits per heavy atom. The van der Waals surface area contributed by atoms with Crippen molar-refractivity contribution in [2.45, 2.75) is 75.7 Å². The minimum atomic E-state index is -3.12. The zero-order valence-corrected chi connectivity index (χ0v) is 36.4. The van der Waals surface area contributed by atoms with Crippen LogP contribution in [0.25, 0.3) is 16.7 Å². The maximum absolute atomic E-state index is 15.5. The summed E-state index contributed by atoms with van der Waals surface area (Å²) in [6, 6.07) is 5.93. The molecule has 22 heteroatoms. The lowest BCUT2D eigenvalue weighted by atomic mass is 9.85. The number of alkyl halides is 3. The number of carbonyl (C=O) groups is 3. The second-order valence-electron chi connectivity index (χ2n) is 17.2. The first-order valence-corrected chi connectivity index (χ1v) is 23.5. The fourth-order valence-electron chi connectivity index (χ4n) is 9.48. The number of imidazole rings is 1. The van der Waals surface area contributed by atoms with Crippen LogP contribution in [0.1, 0.15) is 85.1 Å². The largest absolute Gasteiger partial charge is 0.362 e. The molecule has 1 saturated carbocycles. The minimum Gasteiger partial charge on any atom is -0.362 e. The van der Waals surface area contributed by atoms with Crippen molar-refractivity contribution in [3.8, 4) is 11.8 Å². The van der Waals surface area contributed by atoms with Gasteiger partial charge in [-0.3, -0.25) is 38.4 Å². The lowest BCUT2D eigenvalue weighted by Gasteiger charge is -2.38. The van der Waals surface area contributed by atoms with E-state index in [0.717, 1.165) is 12.8 Å². The number of likely N-dealkylation sites (tertiary alicyclic amines) is 1. The van der Waals surface area contributed by atoms with Crippen LogP contribution in [-0.4, -0.2) is 128 Å². The van der Waals surface area contributed by atoms with Gasteiger partial charge in [0.05, 0.1) is 52.1 Å². The summed E-state index contributed by atoms with van der Waals surface area (Å²) in [5, 5.41) is 13.3. The van der Waals surface area contributed by atoms with Crippen LogP contribution in [0.3, 0.4) is 0 Å². The number of amides is 3. The molecule has 7 heterocycles. The Labute approximate surface area is 371 Å². The van der Waals surface area contributed by atoms with Crippen molar-refractivity contribution in [3.05, 3.63) is 70.2 Å². The predicted molar refractivity (Wildman–Crippen MR) is 231 cm³/mol. The number of hydrogen-bond donors (Lipinski definition) is 2. The van der Waals surface area contributed by atoms with Gasteiger partial charge in [0, 0.05) is 58.6 Å². The van der Waals surface area contributed by atoms with Crippen molar-refractivity contribution in [2.24, 2.45) is 13.0 Å². The van der Waals surface area contributed by atoms with Gasteiger partial charge in [-0.05, 0) is 62.6 Å². The Morgan fingerprint density at radius 2 is 1.83 bits per heavy atom. The van der Waals surface area contributed by atoms with Gasteiger partial charge in [-0.25, -0.2) is 35.9 Å². The summed E-state index contributed by atoms with van der Waals surface area (Å²) < 4.78 is 79.5. The number of benzene rings is 1. The molecule has 4 fully saturated rings. The van der Waals surface area contributed by atoms with E-state index in [9.17, 15) is 36.4 Å². The highest BCUT2D eigenvalue weighted by Crippen LogP contribution is 2.36. The monoisotopic (exact) mass is 919 g/mol. The predicted octanol–water partition coefficient (Wildman–Crippen LogP) is 3.19. The lowest BCUT2D eigenvalue weighted by molar-refractivity contribution is -0.135. The molecule has 9 rings (SSSR count). The summed E-state index contributed by atoms with van der Waals surface area (Å²) in [6.07, 6.45) is 3.28. The quantitative estimate of drug-likeness (QED) is 0.154. The van der Waals surface area contributed by atoms with Crippen molar-refractivity contribution in [1.82, 2.24) is 43.7 Å². The second-order valence-corrected chi connectivity index (χ2v) is 19.5. The summed E-state index contributed by atoms with van der Waals surface area (Å²) >= 11 is 0. The standard InChI is InChI=1S/C43H48F3N11O7S/c1-52-38-27(4-2-6-32(38)57(43(52)61)33-11-12-36(58)50-42(33)60)5-3-19-64-34-13-15-53(24-30(34)44)23-26-7-9-28(10-8-26)56-25-31(37(51-56)39(45)46)48-41(59)29-22-47-55-16-14-35(49-40(29)55)54-17-20-65(62,63)21-18-54/h2,4,6,14,16,22,25-26,28,30,33-34,39H,7-13,15,17-21,23-24H2,1H3,(H,48,59)(H,50,58,60)/t26?,28?,30-,33?,34-/m1/s1. The molecule has 1 aromatic carbocycles. The third-order valence-corrected chi connectivity index (χ3v) is 14.6. The number of rotatable bonds is 10. The van der Waals surface area contributed by atoms with Crippen LogP contribution >= 0.6 is 0 Å². The van der Waals surface area contributed by atoms with Crippen LogP contribution in [0.5, 0.6) is 0 Å². The van der Waals surface area contributed by atoms with E-state index < -0.39 is 57.8 Å². The Morgan fingerprint density at radius 1 is 1.05 bits per heavy atom. The average molecular weight is 920 g/mol. The molecule has 4 aliphatic rings. The molecule has 0 spiro atoms. The van der Waals surface area contributed by atoms with Crippen molar-refractivity contribution in [2.75, 3.05) is 61.1 Å². The normalized spacial score (nSPS) is 24.0. The molecule has 3 atom stereocenters. The van der Waals surface area contributed by atoms with E-state index in [1.165, 1.54) is 30.7 Å². The van der Waals surface area contributed by atoms with Crippen molar-refractivity contribution in [3.63, 3.8) is 0 Å². The van der Waals surface area contributed by atoms with Gasteiger partial charge in [-0.2, -0.15) is 10.2 Å². The lowest BCUT2D eigenvalue weighted by Crippen LogP contribution is -2.47. The maximum atomic E-state index is 15.5. The minimum absolute atomic E-state index is 0.00872. The number of sulfone groups is 1. The fraction of sp³-hybridized carbons (Fsp3) is 0.512. The molecule has 0 bridgehead atoms. The number of carbonyl (C=O) groups excluding carboxylic acids is 3. The molecule has 5 aromatic rings. The maximum Gasteiger partial charge on any atom is 0.329 e. The molecule has 1 aliphatic carbocycles. The molecule has 344 valence electrons. The number of ether oxygens (including phenoxy) is 1. The van der Waals surface area contributed by atoms with Gasteiger partial charge >= 0.3 is 5.69 Å². The molecule has 4 aromatic heterocycles. The van der Waals surface area contributed by atoms with Gasteiger partial charge in [0.15, 0.2) is 21.2 Å². The number of piperidine rings is 2. The van der Waals surface area contributed by atoms with Crippen molar-refractivity contribution >= 4 is 55.7 Å². The number of hydrogen-bond acceptors (Lipinski definition) is 12. The Kier molecular flexibility index (Phi) is 12.3. The molecule has 3 amide bonds. The molecule has 2 N–H and O–H groups in total. The molecule has 3 aliphatic heterocycles. The van der Waals surface area contributed by atoms with Gasteiger partial charge in [0.2, 0.25) is 11.8 Å². The van der Waals surface area contributed by atoms with E-state index in [2.05, 4.69) is 42.6 Å². The number of aryl methyl sites for hydroxylation is 1. The van der Waals surface area contributed by atoms with E-state index in [-0.39, 0.29) is 85.4 Å². The Bertz CT molecular complexity index is 2880. The topological polar surface area (TPSA) is 200 Å². The van der Waals surface area contributed by atoms with Gasteiger partial charge in [-0.1, -0.05) is 17.9 Å². The van der Waals surface area contributed by atoms with Crippen LogP contribution in [0, 0.1) is 17.8 Å². The summed E-state index contributed by atoms with van der Waals surface area (Å²) in [7, 11) is -1.52. The van der Waals surface area contributed by atoms with Crippen LogP contribution in [0.4, 0.5) is 24.7 Å². The van der Waals surface area contributed by atoms with E-state index in [1.54, 1.807) is 37.5 Å². The van der Waals surface area contributed by atoms with Crippen LogP contribution in [0.15, 0.2) is 47.7 Å². The zero-order valence-electron chi connectivity index (χ0n) is 35.5. The average Bonchev–Trinajstić information content (AvgIpc) is 3.97. The van der Waals surface area contributed by atoms with Crippen LogP contribution in [0.2, 0.25) is 0 Å². The zero-order chi connectivity index (χ0) is 45.6. The van der Waals surface area contributed by atoms with Crippen LogP contribution < -0.4 is 21.2 Å². The number of nitrogens with zero attached hydrogens (tertiary/aromatic N) is 9. The third-order valence-electron chi connectivity index (χ3n) is 13.0. The number of anilines is 2. The van der Waals surface area contributed by atoms with E-state index >= 15 is 4.39 Å². The molecular weight excluding hydrogens is 872 g/mol. The molecule has 3 saturated heterocycles. The highest BCUT2D eigenvalue weighted by Gasteiger charge is 2.34. The Hall–Kier alpha value is -6.05. The molecule has 18 nitrogen and oxygen atoms in total. The first-order chi connectivity index (χ1) is 31.2. The molecule has 1 unspecified atom stereocenters. The number of para-hydroxylation sites is 1. The number of fused-ring (bicyclic) bond motifs is 2.